The number of carbonyl (C=O) groups is 2. The molecule has 194 valence electrons. The summed E-state index contributed by atoms with van der Waals surface area (Å²) in [5, 5.41) is 23.3. The molecule has 0 saturated carbocycles. The fourth-order valence-electron chi connectivity index (χ4n) is 6.53. The van der Waals surface area contributed by atoms with Crippen LogP contribution in [0.2, 0.25) is 0 Å². The van der Waals surface area contributed by atoms with Crippen molar-refractivity contribution in [2.45, 2.75) is 32.3 Å². The summed E-state index contributed by atoms with van der Waals surface area (Å²) in [6, 6.07) is 20.4. The van der Waals surface area contributed by atoms with Gasteiger partial charge in [0.15, 0.2) is 0 Å². The van der Waals surface area contributed by atoms with Crippen LogP contribution in [0, 0.1) is 17.8 Å². The Morgan fingerprint density at radius 3 is 2.47 bits per heavy atom. The molecule has 3 aliphatic rings. The molecule has 7 nitrogen and oxygen atoms in total. The van der Waals surface area contributed by atoms with E-state index in [0.29, 0.717) is 42.4 Å². The molecule has 0 radical (unpaired) electrons. The molecule has 2 N–H and O–H groups in total. The number of benzene rings is 3. The van der Waals surface area contributed by atoms with Crippen LogP contribution in [0.25, 0.3) is 10.8 Å². The van der Waals surface area contributed by atoms with Gasteiger partial charge in [-0.25, -0.2) is 0 Å². The van der Waals surface area contributed by atoms with Crippen LogP contribution >= 0.6 is 0 Å². The Morgan fingerprint density at radius 1 is 0.974 bits per heavy atom. The Morgan fingerprint density at radius 2 is 1.71 bits per heavy atom. The summed E-state index contributed by atoms with van der Waals surface area (Å²) < 4.78 is 12.3. The van der Waals surface area contributed by atoms with Gasteiger partial charge in [-0.15, -0.1) is 0 Å². The van der Waals surface area contributed by atoms with Gasteiger partial charge in [0.25, 0.3) is 0 Å². The van der Waals surface area contributed by atoms with Crippen LogP contribution in [0.4, 0.5) is 0 Å². The first-order valence-corrected chi connectivity index (χ1v) is 13.3. The predicted molar refractivity (Wildman–Crippen MR) is 143 cm³/mol. The molecule has 3 aromatic carbocycles. The topological polar surface area (TPSA) is 96.3 Å². The number of aromatic hydroxyl groups is 1. The third-order valence-electron chi connectivity index (χ3n) is 8.19. The van der Waals surface area contributed by atoms with Gasteiger partial charge < -0.3 is 19.5 Å². The molecule has 8 heteroatoms. The molecule has 38 heavy (non-hydrogen) atoms. The van der Waals surface area contributed by atoms with Crippen LogP contribution < -0.4 is 4.74 Å². The molecule has 2 amide bonds. The molecule has 0 spiro atoms. The molecule has 6 rings (SSSR count). The second kappa shape index (κ2) is 9.93. The van der Waals surface area contributed by atoms with Crippen molar-refractivity contribution in [1.82, 2.24) is 4.90 Å². The summed E-state index contributed by atoms with van der Waals surface area (Å²) in [7, 11) is -1.23. The lowest BCUT2D eigenvalue weighted by Gasteiger charge is -2.42. The highest BCUT2D eigenvalue weighted by Crippen LogP contribution is 2.52. The number of imide groups is 1. The summed E-state index contributed by atoms with van der Waals surface area (Å²) in [4.78, 5) is 28.4. The van der Waals surface area contributed by atoms with E-state index in [1.165, 1.54) is 4.90 Å². The largest absolute Gasteiger partial charge is 0.507 e. The molecule has 1 aliphatic carbocycles. The number of amides is 2. The Labute approximate surface area is 221 Å². The Bertz CT molecular complexity index is 1420. The number of carbonyl (C=O) groups excluding carboxylic acids is 2. The fourth-order valence-corrected chi connectivity index (χ4v) is 6.53. The van der Waals surface area contributed by atoms with Gasteiger partial charge in [-0.2, -0.15) is 0 Å². The van der Waals surface area contributed by atoms with Crippen molar-refractivity contribution < 1.29 is 29.1 Å². The third kappa shape index (κ3) is 4.08. The Balaban J connectivity index is 1.40. The third-order valence-corrected chi connectivity index (χ3v) is 8.19. The predicted octanol–water partition coefficient (Wildman–Crippen LogP) is 4.43. The van der Waals surface area contributed by atoms with Crippen molar-refractivity contribution in [3.05, 3.63) is 83.3 Å². The van der Waals surface area contributed by atoms with E-state index < -0.39 is 25.1 Å². The van der Waals surface area contributed by atoms with E-state index in [2.05, 4.69) is 0 Å². The second-order valence-corrected chi connectivity index (χ2v) is 10.4. The standard InChI is InChI=1S/C30H30BNO6/c1-2-14-32-29(34)24-15-18(17-37-19-8-4-3-5-9-19)28-23(27(24)30(32)35)16-26(38-31(28)36)22-12-13-25(33)21-11-7-6-10-20(21)22/h3-13,23-24,26-27,33,36H,2,14-17H2,1H3/t23-,24-,26-,27+/m0/s1. The monoisotopic (exact) mass is 511 g/mol. The molecule has 2 saturated heterocycles. The number of phenolic OH excluding ortho intramolecular Hbond substituents is 1. The Kier molecular flexibility index (Phi) is 6.46. The number of phenols is 1. The van der Waals surface area contributed by atoms with Crippen LogP contribution in [0.15, 0.2) is 77.8 Å². The zero-order valence-corrected chi connectivity index (χ0v) is 21.2. The highest BCUT2D eigenvalue weighted by molar-refractivity contribution is 6.53. The molecule has 2 aliphatic heterocycles. The van der Waals surface area contributed by atoms with Gasteiger partial charge >= 0.3 is 7.12 Å². The molecule has 2 heterocycles. The average Bonchev–Trinajstić information content (AvgIpc) is 3.17. The molecular weight excluding hydrogens is 481 g/mol. The van der Waals surface area contributed by atoms with Crippen LogP contribution in [-0.4, -0.2) is 47.1 Å². The van der Waals surface area contributed by atoms with E-state index in [-0.39, 0.29) is 30.1 Å². The minimum absolute atomic E-state index is 0.134. The quantitative estimate of drug-likeness (QED) is 0.376. The first-order chi connectivity index (χ1) is 18.5. The molecule has 0 aromatic heterocycles. The lowest BCUT2D eigenvalue weighted by Crippen LogP contribution is -2.45. The van der Waals surface area contributed by atoms with Gasteiger partial charge in [0.1, 0.15) is 18.1 Å². The van der Waals surface area contributed by atoms with E-state index in [9.17, 15) is 19.7 Å². The van der Waals surface area contributed by atoms with E-state index in [0.717, 1.165) is 16.5 Å². The number of rotatable bonds is 6. The molecule has 2 fully saturated rings. The number of hydrogen-bond acceptors (Lipinski definition) is 6. The van der Waals surface area contributed by atoms with Crippen LogP contribution in [-0.2, 0) is 14.2 Å². The van der Waals surface area contributed by atoms with Gasteiger partial charge in [-0.1, -0.05) is 55.5 Å². The summed E-state index contributed by atoms with van der Waals surface area (Å²) in [5.41, 5.74) is 2.32. The SMILES string of the molecule is CCCN1C(=O)[C@H]2[C@H](CC(COc3ccccc3)=C3B(O)O[C@H](c4ccc(O)c5ccccc45)C[C@H]32)C1=O. The van der Waals surface area contributed by atoms with Crippen LogP contribution in [0.3, 0.4) is 0 Å². The number of para-hydroxylation sites is 1. The summed E-state index contributed by atoms with van der Waals surface area (Å²) >= 11 is 0. The van der Waals surface area contributed by atoms with Gasteiger partial charge in [0, 0.05) is 11.9 Å². The average molecular weight is 511 g/mol. The maximum absolute atomic E-state index is 13.6. The zero-order valence-electron chi connectivity index (χ0n) is 21.2. The normalized spacial score (nSPS) is 25.1. The van der Waals surface area contributed by atoms with E-state index in [1.54, 1.807) is 6.07 Å². The van der Waals surface area contributed by atoms with Crippen molar-refractivity contribution in [2.75, 3.05) is 13.2 Å². The second-order valence-electron chi connectivity index (χ2n) is 10.4. The number of likely N-dealkylation sites (tertiary alicyclic amines) is 1. The van der Waals surface area contributed by atoms with Gasteiger partial charge in [-0.3, -0.25) is 14.5 Å². The number of fused-ring (bicyclic) bond motifs is 4. The van der Waals surface area contributed by atoms with Crippen molar-refractivity contribution >= 4 is 29.7 Å². The number of ether oxygens (including phenoxy) is 1. The number of nitrogens with zero attached hydrogens (tertiary/aromatic N) is 1. The smallest absolute Gasteiger partial charge is 0.487 e. The first kappa shape index (κ1) is 24.7. The minimum atomic E-state index is -1.23. The van der Waals surface area contributed by atoms with Gasteiger partial charge in [0.2, 0.25) is 11.8 Å². The molecule has 4 atom stereocenters. The molecule has 0 unspecified atom stereocenters. The lowest BCUT2D eigenvalue weighted by molar-refractivity contribution is -0.140. The molecule has 3 aromatic rings. The highest BCUT2D eigenvalue weighted by atomic mass is 16.5. The zero-order chi connectivity index (χ0) is 26.4. The summed E-state index contributed by atoms with van der Waals surface area (Å²) in [6.45, 7) is 2.56. The van der Waals surface area contributed by atoms with Crippen molar-refractivity contribution in [3.63, 3.8) is 0 Å². The summed E-state index contributed by atoms with van der Waals surface area (Å²) in [6.07, 6.45) is 0.986. The molecule has 0 bridgehead atoms. The van der Waals surface area contributed by atoms with Crippen molar-refractivity contribution in [1.29, 1.82) is 0 Å². The van der Waals surface area contributed by atoms with Crippen LogP contribution in [0.1, 0.15) is 37.9 Å². The Hall–Kier alpha value is -3.62. The van der Waals surface area contributed by atoms with E-state index in [1.807, 2.05) is 67.6 Å². The van der Waals surface area contributed by atoms with Crippen LogP contribution in [0.5, 0.6) is 11.5 Å². The maximum atomic E-state index is 13.6. The van der Waals surface area contributed by atoms with Gasteiger partial charge in [0.05, 0.1) is 17.9 Å². The van der Waals surface area contributed by atoms with Gasteiger partial charge in [-0.05, 0) is 65.4 Å². The fraction of sp³-hybridized carbons (Fsp3) is 0.333. The minimum Gasteiger partial charge on any atom is -0.507 e. The lowest BCUT2D eigenvalue weighted by atomic mass is 9.55. The highest BCUT2D eigenvalue weighted by Gasteiger charge is 2.57. The van der Waals surface area contributed by atoms with E-state index in [4.69, 9.17) is 9.39 Å². The van der Waals surface area contributed by atoms with Crippen molar-refractivity contribution in [2.24, 2.45) is 17.8 Å². The number of allylic oxidation sites excluding steroid dienone is 1. The first-order valence-electron chi connectivity index (χ1n) is 13.3. The molecular formula is C30H30BNO6. The number of hydrogen-bond donors (Lipinski definition) is 2. The maximum Gasteiger partial charge on any atom is 0.487 e. The van der Waals surface area contributed by atoms with Crippen molar-refractivity contribution in [3.8, 4) is 11.5 Å². The summed E-state index contributed by atoms with van der Waals surface area (Å²) in [5.74, 6) is -0.788. The van der Waals surface area contributed by atoms with E-state index >= 15 is 0 Å².